The lowest BCUT2D eigenvalue weighted by atomic mass is 9.94. The van der Waals surface area contributed by atoms with Gasteiger partial charge in [0, 0.05) is 41.2 Å². The molecule has 0 bridgehead atoms. The number of benzene rings is 3. The van der Waals surface area contributed by atoms with Crippen molar-refractivity contribution in [3.05, 3.63) is 108 Å². The molecule has 1 N–H and O–H groups in total. The number of hydrogen-bond donors (Lipinski definition) is 1. The Balaban J connectivity index is 1.29. The van der Waals surface area contributed by atoms with Gasteiger partial charge in [0.1, 0.15) is 24.6 Å². The molecular formula is C36H36FN3O5. The number of nitrogens with zero attached hydrogens (tertiary/aromatic N) is 2. The fraction of sp³-hybridized carbons (Fsp3) is 0.278. The number of fused-ring (bicyclic) bond motifs is 1. The molecule has 2 aromatic heterocycles. The van der Waals surface area contributed by atoms with Crippen molar-refractivity contribution in [1.29, 1.82) is 0 Å². The van der Waals surface area contributed by atoms with Crippen LogP contribution >= 0.6 is 0 Å². The van der Waals surface area contributed by atoms with E-state index in [9.17, 15) is 4.79 Å². The number of carbonyl (C=O) groups excluding carboxylic acids is 1. The highest BCUT2D eigenvalue weighted by Gasteiger charge is 2.39. The van der Waals surface area contributed by atoms with Gasteiger partial charge in [0.25, 0.3) is 0 Å². The summed E-state index contributed by atoms with van der Waals surface area (Å²) in [6, 6.07) is 26.0. The summed E-state index contributed by atoms with van der Waals surface area (Å²) in [5.74, 6) is 0.167. The molecule has 3 aromatic carbocycles. The van der Waals surface area contributed by atoms with Gasteiger partial charge in [-0.15, -0.1) is 0 Å². The van der Waals surface area contributed by atoms with Gasteiger partial charge >= 0.3 is 6.09 Å². The summed E-state index contributed by atoms with van der Waals surface area (Å²) in [5, 5.41) is 3.50. The van der Waals surface area contributed by atoms with Crippen LogP contribution < -0.4 is 19.7 Å². The standard InChI is InChI=1S/C36H36FN3O5/c1-23-29(38-35(41)45-36(2,3)4)20-40(23)30-19-28(37)32(26-17-18-42-33(26)30)27-15-16-31(43-21-24-11-7-5-8-12-24)39-34(27)44-22-25-13-9-6-10-14-25/h5-19,23,29H,20-22H2,1-4H3,(H,38,41)/t23-,29+/m1/s1. The van der Waals surface area contributed by atoms with E-state index < -0.39 is 17.5 Å². The lowest BCUT2D eigenvalue weighted by molar-refractivity contribution is 0.0482. The molecule has 8 nitrogen and oxygen atoms in total. The lowest BCUT2D eigenvalue weighted by Crippen LogP contribution is -2.66. The molecule has 0 spiro atoms. The van der Waals surface area contributed by atoms with Crippen molar-refractivity contribution < 1.29 is 27.8 Å². The number of amides is 1. The summed E-state index contributed by atoms with van der Waals surface area (Å²) in [7, 11) is 0. The number of halogens is 1. The molecule has 0 saturated carbocycles. The second kappa shape index (κ2) is 12.5. The van der Waals surface area contributed by atoms with Crippen LogP contribution in [0, 0.1) is 5.82 Å². The van der Waals surface area contributed by atoms with E-state index in [1.165, 1.54) is 6.07 Å². The van der Waals surface area contributed by atoms with Gasteiger partial charge in [0.05, 0.1) is 18.0 Å². The minimum Gasteiger partial charge on any atom is -0.473 e. The van der Waals surface area contributed by atoms with Crippen LogP contribution in [0.5, 0.6) is 11.8 Å². The van der Waals surface area contributed by atoms with E-state index in [0.29, 0.717) is 46.8 Å². The zero-order chi connectivity index (χ0) is 31.6. The van der Waals surface area contributed by atoms with Crippen LogP contribution in [0.2, 0.25) is 0 Å². The smallest absolute Gasteiger partial charge is 0.408 e. The molecule has 9 heteroatoms. The second-order valence-corrected chi connectivity index (χ2v) is 12.1. The summed E-state index contributed by atoms with van der Waals surface area (Å²) in [6.45, 7) is 8.49. The monoisotopic (exact) mass is 609 g/mol. The normalized spacial score (nSPS) is 16.2. The van der Waals surface area contributed by atoms with Gasteiger partial charge in [-0.05, 0) is 51.0 Å². The zero-order valence-electron chi connectivity index (χ0n) is 25.7. The first-order chi connectivity index (χ1) is 21.7. The number of hydrogen-bond acceptors (Lipinski definition) is 7. The van der Waals surface area contributed by atoms with Crippen molar-refractivity contribution in [3.8, 4) is 22.9 Å². The molecule has 1 amide bonds. The molecule has 6 rings (SSSR count). The van der Waals surface area contributed by atoms with Crippen molar-refractivity contribution in [2.24, 2.45) is 0 Å². The Hall–Kier alpha value is -5.05. The number of ether oxygens (including phenoxy) is 3. The Labute approximate surface area is 261 Å². The van der Waals surface area contributed by atoms with Crippen molar-refractivity contribution in [3.63, 3.8) is 0 Å². The van der Waals surface area contributed by atoms with Crippen LogP contribution in [-0.2, 0) is 18.0 Å². The van der Waals surface area contributed by atoms with E-state index >= 15 is 4.39 Å². The van der Waals surface area contributed by atoms with Gasteiger partial charge in [0.15, 0.2) is 5.58 Å². The molecule has 1 saturated heterocycles. The zero-order valence-corrected chi connectivity index (χ0v) is 25.7. The number of anilines is 1. The molecule has 5 aromatic rings. The number of pyridine rings is 1. The SMILES string of the molecule is C[C@@H]1[C@@H](NC(=O)OC(C)(C)C)CN1c1cc(F)c(-c2ccc(OCc3ccccc3)nc2OCc2ccccc2)c2ccoc12. The summed E-state index contributed by atoms with van der Waals surface area (Å²) >= 11 is 0. The third kappa shape index (κ3) is 6.72. The van der Waals surface area contributed by atoms with Gasteiger partial charge < -0.3 is 28.8 Å². The highest BCUT2D eigenvalue weighted by atomic mass is 19.1. The maximum atomic E-state index is 16.2. The first-order valence-corrected chi connectivity index (χ1v) is 15.0. The van der Waals surface area contributed by atoms with E-state index in [-0.39, 0.29) is 24.6 Å². The van der Waals surface area contributed by atoms with E-state index in [4.69, 9.17) is 18.6 Å². The minimum atomic E-state index is -0.596. The minimum absolute atomic E-state index is 0.108. The Morgan fingerprint density at radius 1 is 0.978 bits per heavy atom. The van der Waals surface area contributed by atoms with Crippen molar-refractivity contribution in [2.75, 3.05) is 11.4 Å². The van der Waals surface area contributed by atoms with Gasteiger partial charge in [-0.1, -0.05) is 60.7 Å². The lowest BCUT2D eigenvalue weighted by Gasteiger charge is -2.48. The van der Waals surface area contributed by atoms with Crippen LogP contribution in [0.3, 0.4) is 0 Å². The van der Waals surface area contributed by atoms with Crippen molar-refractivity contribution in [2.45, 2.75) is 58.6 Å². The first kappa shape index (κ1) is 30.0. The fourth-order valence-electron chi connectivity index (χ4n) is 5.39. The molecule has 45 heavy (non-hydrogen) atoms. The van der Waals surface area contributed by atoms with Crippen LogP contribution in [0.4, 0.5) is 14.9 Å². The Morgan fingerprint density at radius 2 is 1.64 bits per heavy atom. The van der Waals surface area contributed by atoms with Crippen molar-refractivity contribution >= 4 is 22.7 Å². The van der Waals surface area contributed by atoms with Gasteiger partial charge in [-0.3, -0.25) is 0 Å². The maximum absolute atomic E-state index is 16.2. The summed E-state index contributed by atoms with van der Waals surface area (Å²) in [6.07, 6.45) is 1.07. The first-order valence-electron chi connectivity index (χ1n) is 15.0. The maximum Gasteiger partial charge on any atom is 0.408 e. The molecule has 2 atom stereocenters. The molecule has 1 aliphatic heterocycles. The van der Waals surface area contributed by atoms with E-state index in [1.807, 2.05) is 93.3 Å². The number of alkyl carbamates (subject to hydrolysis) is 1. The summed E-state index contributed by atoms with van der Waals surface area (Å²) in [5.41, 5.74) is 3.30. The number of aromatic nitrogens is 1. The highest BCUT2D eigenvalue weighted by molar-refractivity contribution is 6.02. The molecule has 232 valence electrons. The second-order valence-electron chi connectivity index (χ2n) is 12.1. The van der Waals surface area contributed by atoms with Crippen LogP contribution in [0.15, 0.2) is 95.6 Å². The van der Waals surface area contributed by atoms with Crippen molar-refractivity contribution in [1.82, 2.24) is 10.3 Å². The molecule has 1 aliphatic rings. The van der Waals surface area contributed by atoms with Crippen LogP contribution in [-0.4, -0.2) is 35.3 Å². The topological polar surface area (TPSA) is 86.1 Å². The van der Waals surface area contributed by atoms with E-state index in [0.717, 1.165) is 11.1 Å². The molecule has 0 aliphatic carbocycles. The molecule has 1 fully saturated rings. The molecule has 3 heterocycles. The third-order valence-corrected chi connectivity index (χ3v) is 7.70. The van der Waals surface area contributed by atoms with Gasteiger partial charge in [-0.25, -0.2) is 9.18 Å². The Kier molecular flexibility index (Phi) is 8.34. The van der Waals surface area contributed by atoms with Gasteiger partial charge in [0.2, 0.25) is 11.8 Å². The largest absolute Gasteiger partial charge is 0.473 e. The Morgan fingerprint density at radius 3 is 2.29 bits per heavy atom. The van der Waals surface area contributed by atoms with E-state index in [2.05, 4.69) is 10.3 Å². The highest BCUT2D eigenvalue weighted by Crippen LogP contribution is 2.43. The third-order valence-electron chi connectivity index (χ3n) is 7.70. The number of furan rings is 1. The number of carbonyl (C=O) groups is 1. The summed E-state index contributed by atoms with van der Waals surface area (Å²) in [4.78, 5) is 19.0. The predicted octanol–water partition coefficient (Wildman–Crippen LogP) is 7.89. The molecule has 0 unspecified atom stereocenters. The predicted molar refractivity (Wildman–Crippen MR) is 171 cm³/mol. The quantitative estimate of drug-likeness (QED) is 0.182. The van der Waals surface area contributed by atoms with E-state index in [1.54, 1.807) is 24.5 Å². The van der Waals surface area contributed by atoms with Crippen LogP contribution in [0.1, 0.15) is 38.8 Å². The average molecular weight is 610 g/mol. The van der Waals surface area contributed by atoms with Crippen LogP contribution in [0.25, 0.3) is 22.1 Å². The number of nitrogens with one attached hydrogen (secondary N) is 1. The Bertz CT molecular complexity index is 1790. The number of rotatable bonds is 9. The van der Waals surface area contributed by atoms with Gasteiger partial charge in [-0.2, -0.15) is 4.98 Å². The average Bonchev–Trinajstić information content (AvgIpc) is 3.51. The fourth-order valence-corrected chi connectivity index (χ4v) is 5.39. The molecular weight excluding hydrogens is 573 g/mol. The summed E-state index contributed by atoms with van der Waals surface area (Å²) < 4.78 is 39.7. The molecule has 0 radical (unpaired) electrons.